The number of benzene rings is 1. The molecule has 0 aliphatic heterocycles. The van der Waals surface area contributed by atoms with Crippen molar-refractivity contribution < 1.29 is 9.42 Å². The van der Waals surface area contributed by atoms with Gasteiger partial charge in [0.2, 0.25) is 0 Å². The van der Waals surface area contributed by atoms with Crippen molar-refractivity contribution in [1.29, 1.82) is 5.26 Å². The van der Waals surface area contributed by atoms with Gasteiger partial charge in [-0.3, -0.25) is 11.5 Å². The van der Waals surface area contributed by atoms with E-state index >= 15 is 0 Å². The molecule has 1 rings (SSSR count). The number of nitriles is 1. The van der Waals surface area contributed by atoms with E-state index in [0.717, 1.165) is 11.3 Å². The Labute approximate surface area is 112 Å². The molecule has 4 N–H and O–H groups in total. The third kappa shape index (κ3) is 5.08. The fraction of sp³-hybridized carbons (Fsp3) is 0.308. The fourth-order valence-corrected chi connectivity index (χ4v) is 1.36. The summed E-state index contributed by atoms with van der Waals surface area (Å²) in [6.07, 6.45) is 1.94. The quantitative estimate of drug-likeness (QED) is 0.339. The molecule has 1 aromatic rings. The summed E-state index contributed by atoms with van der Waals surface area (Å²) in [5.74, 6) is 0.878. The van der Waals surface area contributed by atoms with E-state index in [2.05, 4.69) is 5.10 Å². The van der Waals surface area contributed by atoms with Gasteiger partial charge in [0.25, 0.3) is 0 Å². The van der Waals surface area contributed by atoms with E-state index in [9.17, 15) is 0 Å². The van der Waals surface area contributed by atoms with Gasteiger partial charge in [0, 0.05) is 0 Å². The molecule has 1 aromatic carbocycles. The molecule has 0 fully saturated rings. The second-order valence-corrected chi connectivity index (χ2v) is 3.70. The van der Waals surface area contributed by atoms with Crippen LogP contribution in [0.15, 0.2) is 29.4 Å². The molecule has 6 nitrogen and oxygen atoms in total. The largest absolute Gasteiger partial charge is 0.494 e. The van der Waals surface area contributed by atoms with Crippen LogP contribution in [0.3, 0.4) is 0 Å². The predicted molar refractivity (Wildman–Crippen MR) is 73.9 cm³/mol. The van der Waals surface area contributed by atoms with E-state index in [1.165, 1.54) is 4.68 Å². The summed E-state index contributed by atoms with van der Waals surface area (Å²) in [7, 11) is 0. The minimum Gasteiger partial charge on any atom is -0.494 e. The number of nitrogens with zero attached hydrogens (tertiary/aromatic N) is 3. The van der Waals surface area contributed by atoms with Gasteiger partial charge in [-0.1, -0.05) is 0 Å². The maximum Gasteiger partial charge on any atom is 0.365 e. The second-order valence-electron chi connectivity index (χ2n) is 3.70. The second kappa shape index (κ2) is 7.71. The van der Waals surface area contributed by atoms with Gasteiger partial charge in [-0.2, -0.15) is 5.26 Å². The van der Waals surface area contributed by atoms with E-state index in [1.54, 1.807) is 6.21 Å². The Morgan fingerprint density at radius 3 is 2.63 bits per heavy atom. The maximum absolute atomic E-state index is 8.53. The lowest BCUT2D eigenvalue weighted by Crippen LogP contribution is -2.33. The zero-order chi connectivity index (χ0) is 14.1. The molecule has 0 unspecified atom stereocenters. The highest BCUT2D eigenvalue weighted by atomic mass is 16.5. The normalized spacial score (nSPS) is 10.1. The van der Waals surface area contributed by atoms with Crippen molar-refractivity contribution in [3.8, 4) is 11.8 Å². The Hall–Kier alpha value is -2.55. The number of nitrogens with two attached hydrogens (primary N) is 2. The third-order valence-electron chi connectivity index (χ3n) is 2.27. The predicted octanol–water partition coefficient (Wildman–Crippen LogP) is 0.619. The van der Waals surface area contributed by atoms with Crippen LogP contribution >= 0.6 is 0 Å². The van der Waals surface area contributed by atoms with Crippen molar-refractivity contribution in [2.75, 3.05) is 13.2 Å². The third-order valence-corrected chi connectivity index (χ3v) is 2.27. The molecule has 0 radical (unpaired) electrons. The molecule has 6 heteroatoms. The van der Waals surface area contributed by atoms with Crippen LogP contribution in [0.2, 0.25) is 0 Å². The lowest BCUT2D eigenvalue weighted by atomic mass is 10.2. The average Bonchev–Trinajstić information content (AvgIpc) is 2.40. The first-order valence-electron chi connectivity index (χ1n) is 5.96. The van der Waals surface area contributed by atoms with Gasteiger partial charge in [0.05, 0.1) is 25.3 Å². The minimum absolute atomic E-state index is 0.0671. The lowest BCUT2D eigenvalue weighted by Gasteiger charge is -2.02. The van der Waals surface area contributed by atoms with Crippen LogP contribution in [0.25, 0.3) is 0 Å². The summed E-state index contributed by atoms with van der Waals surface area (Å²) in [5, 5.41) is 12.7. The monoisotopic (exact) mass is 260 g/mol. The van der Waals surface area contributed by atoms with Crippen LogP contribution in [0, 0.1) is 11.3 Å². The van der Waals surface area contributed by atoms with Crippen LogP contribution in [0.4, 0.5) is 0 Å². The highest BCUT2D eigenvalue weighted by Gasteiger charge is 2.01. The van der Waals surface area contributed by atoms with Crippen LogP contribution in [0.1, 0.15) is 18.9 Å². The molecule has 19 heavy (non-hydrogen) atoms. The van der Waals surface area contributed by atoms with Gasteiger partial charge in [-0.05, 0) is 36.8 Å². The molecular formula is C13H18N5O+. The number of hydrogen-bond acceptors (Lipinski definition) is 3. The van der Waals surface area contributed by atoms with Crippen molar-refractivity contribution >= 4 is 12.2 Å². The molecule has 0 bridgehead atoms. The van der Waals surface area contributed by atoms with Crippen molar-refractivity contribution in [3.05, 3.63) is 29.8 Å². The van der Waals surface area contributed by atoms with E-state index in [4.69, 9.17) is 21.5 Å². The number of rotatable bonds is 6. The molecule has 0 aliphatic rings. The summed E-state index contributed by atoms with van der Waals surface area (Å²) in [4.78, 5) is 0. The Morgan fingerprint density at radius 1 is 1.42 bits per heavy atom. The van der Waals surface area contributed by atoms with Gasteiger partial charge in [-0.25, -0.2) is 0 Å². The summed E-state index contributed by atoms with van der Waals surface area (Å²) in [6, 6.07) is 9.50. The van der Waals surface area contributed by atoms with Gasteiger partial charge < -0.3 is 4.74 Å². The summed E-state index contributed by atoms with van der Waals surface area (Å²) >= 11 is 0. The van der Waals surface area contributed by atoms with E-state index in [0.29, 0.717) is 19.6 Å². The Morgan fingerprint density at radius 2 is 2.11 bits per heavy atom. The van der Waals surface area contributed by atoms with Gasteiger partial charge >= 0.3 is 5.96 Å². The van der Waals surface area contributed by atoms with E-state index < -0.39 is 0 Å². The Bertz CT molecular complexity index is 495. The van der Waals surface area contributed by atoms with Gasteiger partial charge in [0.15, 0.2) is 0 Å². The van der Waals surface area contributed by atoms with Crippen LogP contribution < -0.4 is 16.2 Å². The fourth-order valence-electron chi connectivity index (χ4n) is 1.36. The SMILES string of the molecule is CCOc1ccc(/C=N/[N+](CCC#N)=C(N)N)cc1. The molecule has 0 atom stereocenters. The average molecular weight is 260 g/mol. The van der Waals surface area contributed by atoms with Gasteiger partial charge in [0.1, 0.15) is 12.3 Å². The van der Waals surface area contributed by atoms with Crippen molar-refractivity contribution in [3.63, 3.8) is 0 Å². The first kappa shape index (κ1) is 14.5. The van der Waals surface area contributed by atoms with Crippen LogP contribution in [0.5, 0.6) is 5.75 Å². The summed E-state index contributed by atoms with van der Waals surface area (Å²) < 4.78 is 6.73. The van der Waals surface area contributed by atoms with Crippen LogP contribution in [-0.4, -0.2) is 30.0 Å². The zero-order valence-electron chi connectivity index (χ0n) is 10.9. The summed E-state index contributed by atoms with van der Waals surface area (Å²) in [5.41, 5.74) is 11.9. The molecule has 0 saturated heterocycles. The minimum atomic E-state index is 0.0671. The first-order valence-corrected chi connectivity index (χ1v) is 5.96. The molecule has 100 valence electrons. The van der Waals surface area contributed by atoms with Crippen LogP contribution in [-0.2, 0) is 0 Å². The van der Waals surface area contributed by atoms with Crippen molar-refractivity contribution in [1.82, 2.24) is 0 Å². The molecular weight excluding hydrogens is 242 g/mol. The molecule has 0 aliphatic carbocycles. The molecule has 0 saturated carbocycles. The lowest BCUT2D eigenvalue weighted by molar-refractivity contribution is -0.533. The number of ether oxygens (including phenoxy) is 1. The van der Waals surface area contributed by atoms with E-state index in [-0.39, 0.29) is 5.96 Å². The molecule has 0 amide bonds. The highest BCUT2D eigenvalue weighted by molar-refractivity contribution is 5.79. The smallest absolute Gasteiger partial charge is 0.365 e. The van der Waals surface area contributed by atoms with E-state index in [1.807, 2.05) is 37.3 Å². The molecule has 0 aromatic heterocycles. The Kier molecular flexibility index (Phi) is 5.89. The van der Waals surface area contributed by atoms with Gasteiger partial charge in [-0.15, -0.1) is 9.79 Å². The number of hydrazone groups is 1. The standard InChI is InChI=1S/C13H17N5O/c1-2-19-12-6-4-11(5-7-12)10-17-18(13(15)16)9-3-8-14/h4-7,10H,2-3,9H2,1H3,(H3,15,16)/p+1/b17-10+. The molecule has 0 spiro atoms. The summed E-state index contributed by atoms with van der Waals surface area (Å²) in [6.45, 7) is 2.93. The zero-order valence-corrected chi connectivity index (χ0v) is 10.9. The Balaban J connectivity index is 2.74. The highest BCUT2D eigenvalue weighted by Crippen LogP contribution is 2.10. The first-order chi connectivity index (χ1) is 9.17. The van der Waals surface area contributed by atoms with Crippen molar-refractivity contribution in [2.24, 2.45) is 16.6 Å². The number of guanidine groups is 1. The topological polar surface area (TPSA) is 100 Å². The number of hydrogen-bond donors (Lipinski definition) is 2. The molecule has 0 heterocycles. The van der Waals surface area contributed by atoms with Crippen molar-refractivity contribution in [2.45, 2.75) is 13.3 Å². The maximum atomic E-state index is 8.53.